The van der Waals surface area contributed by atoms with Gasteiger partial charge < -0.3 is 59.1 Å². The number of carbonyl (C=O) groups excluding carboxylic acids is 9. The third-order valence-corrected chi connectivity index (χ3v) is 8.84. The zero-order valence-corrected chi connectivity index (χ0v) is 32.4. The molecule has 21 nitrogen and oxygen atoms in total. The Kier molecular flexibility index (Phi) is 20.7. The predicted octanol–water partition coefficient (Wildman–Crippen LogP) is -4.28. The molecule has 1 aliphatic rings. The Labute approximate surface area is 324 Å². The normalized spacial score (nSPS) is 16.5. The molecule has 1 fully saturated rings. The fraction of sp³-hybridized carbons (Fsp3) is 0.697. The van der Waals surface area contributed by atoms with E-state index in [0.29, 0.717) is 6.42 Å². The Bertz CT molecular complexity index is 1430. The van der Waals surface area contributed by atoms with Crippen LogP contribution in [-0.2, 0) is 47.9 Å². The lowest BCUT2D eigenvalue weighted by atomic mass is 10.0. The molecule has 0 aliphatic carbocycles. The van der Waals surface area contributed by atoms with Gasteiger partial charge in [0.25, 0.3) is 0 Å². The number of hydrogen-bond donors (Lipinski definition) is 11. The number of carboxylic acid groups (broad SMARTS) is 1. The second-order valence-electron chi connectivity index (χ2n) is 13.9. The summed E-state index contributed by atoms with van der Waals surface area (Å²) < 4.78 is 0. The number of amides is 9. The second kappa shape index (κ2) is 23.7. The summed E-state index contributed by atoms with van der Waals surface area (Å²) in [5.74, 6) is -9.02. The minimum atomic E-state index is -1.46. The van der Waals surface area contributed by atoms with E-state index in [1.807, 2.05) is 0 Å². The molecule has 0 unspecified atom stereocenters. The summed E-state index contributed by atoms with van der Waals surface area (Å²) in [4.78, 5) is 127. The zero-order valence-electron chi connectivity index (χ0n) is 31.6. The molecular formula is C33H56N10O11S. The number of carboxylic acids is 1. The molecule has 13 N–H and O–H groups in total. The number of hydrogen-bond acceptors (Lipinski definition) is 12. The van der Waals surface area contributed by atoms with Crippen LogP contribution >= 0.6 is 12.6 Å². The van der Waals surface area contributed by atoms with Crippen LogP contribution in [0.15, 0.2) is 0 Å². The van der Waals surface area contributed by atoms with Crippen LogP contribution in [0.4, 0.5) is 0 Å². The van der Waals surface area contributed by atoms with Gasteiger partial charge in [-0.2, -0.15) is 12.6 Å². The Hall–Kier alpha value is -4.99. The van der Waals surface area contributed by atoms with Gasteiger partial charge in [-0.15, -0.1) is 0 Å². The van der Waals surface area contributed by atoms with Crippen molar-refractivity contribution in [2.45, 2.75) is 109 Å². The van der Waals surface area contributed by atoms with E-state index in [2.05, 4.69) is 44.5 Å². The third-order valence-electron chi connectivity index (χ3n) is 8.48. The molecule has 0 spiro atoms. The van der Waals surface area contributed by atoms with E-state index in [-0.39, 0.29) is 63.3 Å². The fourth-order valence-electron chi connectivity index (χ4n) is 5.58. The maximum atomic E-state index is 13.8. The molecule has 1 heterocycles. The average molecular weight is 801 g/mol. The zero-order chi connectivity index (χ0) is 42.0. The molecule has 1 saturated heterocycles. The first-order valence-corrected chi connectivity index (χ1v) is 18.5. The Morgan fingerprint density at radius 3 is 1.82 bits per heavy atom. The molecule has 22 heteroatoms. The highest BCUT2D eigenvalue weighted by molar-refractivity contribution is 7.80. The van der Waals surface area contributed by atoms with Crippen molar-refractivity contribution in [2.75, 3.05) is 25.4 Å². The summed E-state index contributed by atoms with van der Waals surface area (Å²) in [6.45, 7) is 6.12. The van der Waals surface area contributed by atoms with Gasteiger partial charge in [-0.1, -0.05) is 27.7 Å². The van der Waals surface area contributed by atoms with Crippen molar-refractivity contribution in [2.24, 2.45) is 29.0 Å². The van der Waals surface area contributed by atoms with Gasteiger partial charge in [0, 0.05) is 25.1 Å². The molecule has 55 heavy (non-hydrogen) atoms. The molecule has 0 bridgehead atoms. The standard InChI is InChI=1S/C33H56N10O11S/c1-16(2)12-20(38-26(47)14-37-25(46)13-34)28(48)41-21(15-55)29(49)42-27(17(3)4)31(51)39-18(7-9-23(35)44)32(52)43-11-5-6-22(43)30(50)40-19(33(53)54)8-10-24(36)45/h16-22,27,55H,5-15,34H2,1-4H3,(H2,35,44)(H2,36,45)(H,37,46)(H,38,47)(H,39,51)(H,40,50)(H,41,48)(H,42,49)(H,53,54)/t18-,19-,20-,21-,22-,27-/m0/s1. The molecule has 0 aromatic carbocycles. The smallest absolute Gasteiger partial charge is 0.326 e. The van der Waals surface area contributed by atoms with Gasteiger partial charge in [-0.25, -0.2) is 4.79 Å². The highest BCUT2D eigenvalue weighted by Gasteiger charge is 2.40. The summed E-state index contributed by atoms with van der Waals surface area (Å²) in [5, 5.41) is 24.3. The van der Waals surface area contributed by atoms with Crippen molar-refractivity contribution >= 4 is 71.8 Å². The third kappa shape index (κ3) is 16.9. The first-order valence-electron chi connectivity index (χ1n) is 17.9. The molecule has 310 valence electrons. The van der Waals surface area contributed by atoms with E-state index in [1.165, 1.54) is 0 Å². The summed E-state index contributed by atoms with van der Waals surface area (Å²) in [6, 6.07) is -7.66. The summed E-state index contributed by atoms with van der Waals surface area (Å²) in [7, 11) is 0. The lowest BCUT2D eigenvalue weighted by Gasteiger charge is -2.31. The van der Waals surface area contributed by atoms with Crippen molar-refractivity contribution in [1.29, 1.82) is 0 Å². The highest BCUT2D eigenvalue weighted by atomic mass is 32.1. The van der Waals surface area contributed by atoms with Crippen LogP contribution in [0.3, 0.4) is 0 Å². The van der Waals surface area contributed by atoms with Crippen LogP contribution < -0.4 is 49.1 Å². The fourth-order valence-corrected chi connectivity index (χ4v) is 5.83. The molecule has 0 radical (unpaired) electrons. The van der Waals surface area contributed by atoms with Crippen LogP contribution in [0.25, 0.3) is 0 Å². The number of aliphatic carboxylic acids is 1. The van der Waals surface area contributed by atoms with Crippen molar-refractivity contribution in [1.82, 2.24) is 36.8 Å². The average Bonchev–Trinajstić information content (AvgIpc) is 3.60. The van der Waals surface area contributed by atoms with Crippen molar-refractivity contribution in [3.8, 4) is 0 Å². The summed E-state index contributed by atoms with van der Waals surface area (Å²) in [6.07, 6.45) is -0.507. The maximum absolute atomic E-state index is 13.8. The SMILES string of the molecule is CC(C)C[C@H](NC(=O)CNC(=O)CN)C(=O)N[C@@H](CS)C(=O)N[C@H](C(=O)N[C@@H](CCC(N)=O)C(=O)N1CCC[C@H]1C(=O)N[C@@H](CCC(N)=O)C(=O)O)C(C)C. The van der Waals surface area contributed by atoms with Gasteiger partial charge in [0.15, 0.2) is 0 Å². The lowest BCUT2D eigenvalue weighted by molar-refractivity contribution is -0.145. The summed E-state index contributed by atoms with van der Waals surface area (Å²) in [5.41, 5.74) is 15.7. The van der Waals surface area contributed by atoms with Gasteiger partial charge in [0.05, 0.1) is 13.1 Å². The minimum absolute atomic E-state index is 0.0626. The summed E-state index contributed by atoms with van der Waals surface area (Å²) >= 11 is 4.18. The number of carbonyl (C=O) groups is 10. The van der Waals surface area contributed by atoms with Gasteiger partial charge >= 0.3 is 5.97 Å². The number of likely N-dealkylation sites (tertiary alicyclic amines) is 1. The van der Waals surface area contributed by atoms with E-state index in [9.17, 15) is 53.1 Å². The lowest BCUT2D eigenvalue weighted by Crippen LogP contribution is -2.61. The Balaban J connectivity index is 3.16. The number of rotatable bonds is 24. The first kappa shape index (κ1) is 48.0. The number of nitrogens with two attached hydrogens (primary N) is 3. The van der Waals surface area contributed by atoms with E-state index >= 15 is 0 Å². The maximum Gasteiger partial charge on any atom is 0.326 e. The van der Waals surface area contributed by atoms with E-state index in [0.717, 1.165) is 4.90 Å². The number of thiol groups is 1. The molecule has 9 amide bonds. The quantitative estimate of drug-likeness (QED) is 0.0414. The monoisotopic (exact) mass is 800 g/mol. The molecule has 0 aromatic heterocycles. The van der Waals surface area contributed by atoms with Crippen molar-refractivity contribution in [3.63, 3.8) is 0 Å². The molecular weight excluding hydrogens is 744 g/mol. The van der Waals surface area contributed by atoms with Crippen LogP contribution in [-0.4, -0.2) is 131 Å². The van der Waals surface area contributed by atoms with Gasteiger partial charge in [-0.3, -0.25) is 43.2 Å². The van der Waals surface area contributed by atoms with Crippen LogP contribution in [0.5, 0.6) is 0 Å². The molecule has 6 atom stereocenters. The Morgan fingerprint density at radius 2 is 1.31 bits per heavy atom. The molecule has 0 aromatic rings. The van der Waals surface area contributed by atoms with Crippen LogP contribution in [0.1, 0.15) is 72.6 Å². The van der Waals surface area contributed by atoms with E-state index in [4.69, 9.17) is 17.2 Å². The first-order chi connectivity index (χ1) is 25.7. The molecule has 1 rings (SSSR count). The number of nitrogens with one attached hydrogen (secondary N) is 6. The Morgan fingerprint density at radius 1 is 0.745 bits per heavy atom. The van der Waals surface area contributed by atoms with Gasteiger partial charge in [-0.05, 0) is 43.9 Å². The molecule has 1 aliphatic heterocycles. The van der Waals surface area contributed by atoms with E-state index in [1.54, 1.807) is 27.7 Å². The molecule has 0 saturated carbocycles. The predicted molar refractivity (Wildman–Crippen MR) is 199 cm³/mol. The number of primary amides is 2. The van der Waals surface area contributed by atoms with Crippen LogP contribution in [0.2, 0.25) is 0 Å². The number of nitrogens with zero attached hydrogens (tertiary/aromatic N) is 1. The van der Waals surface area contributed by atoms with Crippen molar-refractivity contribution in [3.05, 3.63) is 0 Å². The largest absolute Gasteiger partial charge is 0.480 e. The van der Waals surface area contributed by atoms with Gasteiger partial charge in [0.1, 0.15) is 36.3 Å². The van der Waals surface area contributed by atoms with Gasteiger partial charge in [0.2, 0.25) is 53.2 Å². The van der Waals surface area contributed by atoms with E-state index < -0.39 is 108 Å². The highest BCUT2D eigenvalue weighted by Crippen LogP contribution is 2.21. The van der Waals surface area contributed by atoms with Crippen molar-refractivity contribution < 1.29 is 53.1 Å². The topological polar surface area (TPSA) is 344 Å². The van der Waals surface area contributed by atoms with Crippen LogP contribution in [0, 0.1) is 11.8 Å². The second-order valence-corrected chi connectivity index (χ2v) is 14.2. The minimum Gasteiger partial charge on any atom is -0.480 e.